The van der Waals surface area contributed by atoms with Gasteiger partial charge in [-0.15, -0.1) is 10.2 Å². The van der Waals surface area contributed by atoms with Crippen molar-refractivity contribution in [1.82, 2.24) is 20.5 Å². The molecular weight excluding hydrogens is 326 g/mol. The molecule has 0 spiro atoms. The third-order valence-electron chi connectivity index (χ3n) is 4.28. The molecule has 2 atom stereocenters. The molecule has 24 heavy (non-hydrogen) atoms. The molecule has 1 amide bonds. The van der Waals surface area contributed by atoms with Crippen molar-refractivity contribution in [1.29, 1.82) is 0 Å². The maximum Gasteiger partial charge on any atom is 0.225 e. The second-order valence-electron chi connectivity index (χ2n) is 6.02. The van der Waals surface area contributed by atoms with Crippen LogP contribution >= 0.6 is 11.6 Å². The van der Waals surface area contributed by atoms with E-state index >= 15 is 0 Å². The van der Waals surface area contributed by atoms with Gasteiger partial charge in [0.1, 0.15) is 0 Å². The highest BCUT2D eigenvalue weighted by atomic mass is 35.5. The SMILES string of the molecule is C[C@H](NC(=O)[C@@H]1CCCN(c2ccc(Cl)nn2)C1)c1cccnc1. The van der Waals surface area contributed by atoms with Crippen LogP contribution in [0.3, 0.4) is 0 Å². The summed E-state index contributed by atoms with van der Waals surface area (Å²) in [5.74, 6) is 0.769. The molecule has 1 N–H and O–H groups in total. The number of anilines is 1. The van der Waals surface area contributed by atoms with Gasteiger partial charge in [0.15, 0.2) is 11.0 Å². The van der Waals surface area contributed by atoms with Crippen molar-refractivity contribution in [2.45, 2.75) is 25.8 Å². The van der Waals surface area contributed by atoms with Crippen molar-refractivity contribution in [3.8, 4) is 0 Å². The van der Waals surface area contributed by atoms with Crippen LogP contribution in [-0.2, 0) is 4.79 Å². The lowest BCUT2D eigenvalue weighted by Gasteiger charge is -2.33. The molecule has 1 fully saturated rings. The monoisotopic (exact) mass is 345 g/mol. The topological polar surface area (TPSA) is 71.0 Å². The summed E-state index contributed by atoms with van der Waals surface area (Å²) < 4.78 is 0. The van der Waals surface area contributed by atoms with Crippen molar-refractivity contribution in [2.24, 2.45) is 5.92 Å². The Morgan fingerprint density at radius 2 is 2.25 bits per heavy atom. The van der Waals surface area contributed by atoms with Gasteiger partial charge in [-0.1, -0.05) is 17.7 Å². The summed E-state index contributed by atoms with van der Waals surface area (Å²) in [7, 11) is 0. The molecule has 0 saturated carbocycles. The number of nitrogens with zero attached hydrogens (tertiary/aromatic N) is 4. The van der Waals surface area contributed by atoms with E-state index in [1.54, 1.807) is 18.5 Å². The van der Waals surface area contributed by atoms with Gasteiger partial charge in [-0.25, -0.2) is 0 Å². The number of pyridine rings is 1. The van der Waals surface area contributed by atoms with E-state index in [-0.39, 0.29) is 17.9 Å². The first-order chi connectivity index (χ1) is 11.6. The Balaban J connectivity index is 1.61. The Morgan fingerprint density at radius 1 is 1.38 bits per heavy atom. The van der Waals surface area contributed by atoms with Crippen LogP contribution in [0.25, 0.3) is 0 Å². The van der Waals surface area contributed by atoms with Crippen LogP contribution in [0.15, 0.2) is 36.7 Å². The standard InChI is InChI=1S/C17H20ClN5O/c1-12(13-4-2-8-19-10-13)20-17(24)14-5-3-9-23(11-14)16-7-6-15(18)21-22-16/h2,4,6-8,10,12,14H,3,5,9,11H2,1H3,(H,20,24)/t12-,14+/m0/s1. The normalized spacial score (nSPS) is 18.9. The molecule has 0 aliphatic carbocycles. The predicted octanol–water partition coefficient (Wildman–Crippen LogP) is 2.62. The van der Waals surface area contributed by atoms with Gasteiger partial charge in [-0.2, -0.15) is 0 Å². The van der Waals surface area contributed by atoms with E-state index in [9.17, 15) is 4.79 Å². The Labute approximate surface area is 146 Å². The molecule has 1 aliphatic heterocycles. The number of hydrogen-bond acceptors (Lipinski definition) is 5. The number of rotatable bonds is 4. The Kier molecular flexibility index (Phi) is 5.25. The third kappa shape index (κ3) is 4.00. The lowest BCUT2D eigenvalue weighted by atomic mass is 9.96. The molecule has 2 aromatic rings. The minimum atomic E-state index is -0.0599. The summed E-state index contributed by atoms with van der Waals surface area (Å²) in [6, 6.07) is 7.34. The average Bonchev–Trinajstić information content (AvgIpc) is 2.63. The molecule has 0 bridgehead atoms. The first-order valence-corrected chi connectivity index (χ1v) is 8.46. The van der Waals surface area contributed by atoms with Gasteiger partial charge in [0.25, 0.3) is 0 Å². The van der Waals surface area contributed by atoms with Crippen LogP contribution in [-0.4, -0.2) is 34.2 Å². The number of nitrogens with one attached hydrogen (secondary N) is 1. The zero-order valence-corrected chi connectivity index (χ0v) is 14.3. The van der Waals surface area contributed by atoms with Crippen molar-refractivity contribution < 1.29 is 4.79 Å². The number of aromatic nitrogens is 3. The van der Waals surface area contributed by atoms with Gasteiger partial charge < -0.3 is 10.2 Å². The first-order valence-electron chi connectivity index (χ1n) is 8.08. The minimum Gasteiger partial charge on any atom is -0.354 e. The van der Waals surface area contributed by atoms with Crippen molar-refractivity contribution in [3.63, 3.8) is 0 Å². The molecule has 126 valence electrons. The Hall–Kier alpha value is -2.21. The number of halogens is 1. The Morgan fingerprint density at radius 3 is 2.96 bits per heavy atom. The summed E-state index contributed by atoms with van der Waals surface area (Å²) in [6.45, 7) is 3.49. The second kappa shape index (κ2) is 7.57. The van der Waals surface area contributed by atoms with Crippen molar-refractivity contribution in [3.05, 3.63) is 47.4 Å². The molecular formula is C17H20ClN5O. The van der Waals surface area contributed by atoms with Crippen LogP contribution in [0.1, 0.15) is 31.4 Å². The molecule has 1 saturated heterocycles. The Bertz CT molecular complexity index is 679. The number of piperidine rings is 1. The number of amides is 1. The van der Waals surface area contributed by atoms with Gasteiger partial charge in [0.2, 0.25) is 5.91 Å². The zero-order valence-electron chi connectivity index (χ0n) is 13.5. The predicted molar refractivity (Wildman–Crippen MR) is 92.8 cm³/mol. The van der Waals surface area contributed by atoms with Gasteiger partial charge in [0, 0.05) is 25.5 Å². The van der Waals surface area contributed by atoms with Crippen LogP contribution in [0.4, 0.5) is 5.82 Å². The summed E-state index contributed by atoms with van der Waals surface area (Å²) in [5, 5.41) is 11.4. The average molecular weight is 346 g/mol. The highest BCUT2D eigenvalue weighted by Gasteiger charge is 2.27. The van der Waals surface area contributed by atoms with Crippen LogP contribution in [0.5, 0.6) is 0 Å². The van der Waals surface area contributed by atoms with Crippen LogP contribution < -0.4 is 10.2 Å². The second-order valence-corrected chi connectivity index (χ2v) is 6.40. The van der Waals surface area contributed by atoms with E-state index < -0.39 is 0 Å². The van der Waals surface area contributed by atoms with Crippen molar-refractivity contribution >= 4 is 23.3 Å². The van der Waals surface area contributed by atoms with Gasteiger partial charge in [-0.05, 0) is 43.5 Å². The molecule has 6 nitrogen and oxygen atoms in total. The molecule has 3 heterocycles. The maximum atomic E-state index is 12.6. The quantitative estimate of drug-likeness (QED) is 0.922. The lowest BCUT2D eigenvalue weighted by Crippen LogP contribution is -2.44. The number of carbonyl (C=O) groups excluding carboxylic acids is 1. The highest BCUT2D eigenvalue weighted by molar-refractivity contribution is 6.29. The van der Waals surface area contributed by atoms with E-state index in [2.05, 4.69) is 25.4 Å². The molecule has 0 unspecified atom stereocenters. The first kappa shape index (κ1) is 16.6. The third-order valence-corrected chi connectivity index (χ3v) is 4.48. The molecule has 0 aromatic carbocycles. The van der Waals surface area contributed by atoms with E-state index in [4.69, 9.17) is 11.6 Å². The zero-order chi connectivity index (χ0) is 16.9. The molecule has 1 aliphatic rings. The molecule has 2 aromatic heterocycles. The fourth-order valence-corrected chi connectivity index (χ4v) is 3.02. The van der Waals surface area contributed by atoms with E-state index in [1.165, 1.54) is 0 Å². The highest BCUT2D eigenvalue weighted by Crippen LogP contribution is 2.23. The maximum absolute atomic E-state index is 12.6. The molecule has 7 heteroatoms. The summed E-state index contributed by atoms with van der Waals surface area (Å²) in [6.07, 6.45) is 5.33. The van der Waals surface area contributed by atoms with Gasteiger partial charge in [-0.3, -0.25) is 9.78 Å². The smallest absolute Gasteiger partial charge is 0.225 e. The van der Waals surface area contributed by atoms with E-state index in [0.29, 0.717) is 11.7 Å². The van der Waals surface area contributed by atoms with E-state index in [1.807, 2.05) is 25.1 Å². The molecule has 3 rings (SSSR count). The minimum absolute atomic E-state index is 0.0584. The number of carbonyl (C=O) groups is 1. The summed E-state index contributed by atoms with van der Waals surface area (Å²) in [4.78, 5) is 18.8. The van der Waals surface area contributed by atoms with Gasteiger partial charge >= 0.3 is 0 Å². The van der Waals surface area contributed by atoms with Gasteiger partial charge in [0.05, 0.1) is 12.0 Å². The van der Waals surface area contributed by atoms with Crippen molar-refractivity contribution in [2.75, 3.05) is 18.0 Å². The fraction of sp³-hybridized carbons (Fsp3) is 0.412. The van der Waals surface area contributed by atoms with Crippen LogP contribution in [0, 0.1) is 5.92 Å². The summed E-state index contributed by atoms with van der Waals surface area (Å²) >= 11 is 5.78. The summed E-state index contributed by atoms with van der Waals surface area (Å²) in [5.41, 5.74) is 1.00. The van der Waals surface area contributed by atoms with Crippen LogP contribution in [0.2, 0.25) is 5.15 Å². The largest absolute Gasteiger partial charge is 0.354 e. The van der Waals surface area contributed by atoms with E-state index in [0.717, 1.165) is 30.8 Å². The number of hydrogen-bond donors (Lipinski definition) is 1. The fourth-order valence-electron chi connectivity index (χ4n) is 2.92. The molecule has 0 radical (unpaired) electrons. The lowest BCUT2D eigenvalue weighted by molar-refractivity contribution is -0.125.